The summed E-state index contributed by atoms with van der Waals surface area (Å²) in [7, 11) is 0. The van der Waals surface area contributed by atoms with Crippen molar-refractivity contribution in [2.45, 2.75) is 72.5 Å². The summed E-state index contributed by atoms with van der Waals surface area (Å²) in [5.41, 5.74) is -8.71. The zero-order valence-electron chi connectivity index (χ0n) is 14.8. The minimum absolute atomic E-state index is 0.425. The van der Waals surface area contributed by atoms with E-state index in [0.29, 0.717) is 0 Å². The first-order valence-corrected chi connectivity index (χ1v) is 7.79. The highest BCUT2D eigenvalue weighted by molar-refractivity contribution is 5.19. The molecule has 0 aromatic carbocycles. The number of hydrogen-bond donors (Lipinski definition) is 0. The highest BCUT2D eigenvalue weighted by atomic mass is 19.4. The Morgan fingerprint density at radius 2 is 0.788 bits per heavy atom. The number of halogens is 19. The molecule has 0 spiro atoms. The largest absolute Gasteiger partial charge is 0.438 e. The van der Waals surface area contributed by atoms with E-state index in [1.165, 1.54) is 0 Å². The van der Waals surface area contributed by atoms with E-state index in [9.17, 15) is 83.4 Å². The normalized spacial score (nSPS) is 20.3. The van der Waals surface area contributed by atoms with E-state index in [1.54, 1.807) is 0 Å². The molecule has 1 aliphatic heterocycles. The Balaban J connectivity index is 3.64. The minimum Gasteiger partial charge on any atom is -0.373 e. The summed E-state index contributed by atoms with van der Waals surface area (Å²) < 4.78 is 253. The Bertz CT molecular complexity index is 698. The second-order valence-corrected chi connectivity index (χ2v) is 6.72. The summed E-state index contributed by atoms with van der Waals surface area (Å²) in [6.07, 6.45) is -21.7. The predicted molar refractivity (Wildman–Crippen MR) is 64.6 cm³/mol. The molecule has 0 aromatic rings. The van der Waals surface area contributed by atoms with Crippen molar-refractivity contribution in [2.75, 3.05) is 6.61 Å². The molecule has 0 bridgehead atoms. The van der Waals surface area contributed by atoms with Crippen molar-refractivity contribution in [3.8, 4) is 0 Å². The highest BCUT2D eigenvalue weighted by Crippen LogP contribution is 2.66. The fourth-order valence-corrected chi connectivity index (χ4v) is 2.29. The van der Waals surface area contributed by atoms with Gasteiger partial charge in [-0.3, -0.25) is 0 Å². The van der Waals surface area contributed by atoms with Crippen molar-refractivity contribution in [1.29, 1.82) is 0 Å². The first kappa shape index (κ1) is 29.7. The summed E-state index contributed by atoms with van der Waals surface area (Å²) >= 11 is 0. The van der Waals surface area contributed by atoms with Gasteiger partial charge < -0.3 is 4.74 Å². The number of epoxide rings is 1. The maximum atomic E-state index is 13.5. The number of hydrogen-bond acceptors (Lipinski definition) is 1. The lowest BCUT2D eigenvalue weighted by Gasteiger charge is -2.45. The Morgan fingerprint density at radius 3 is 1.09 bits per heavy atom. The van der Waals surface area contributed by atoms with Crippen LogP contribution >= 0.6 is 0 Å². The van der Waals surface area contributed by atoms with Gasteiger partial charge in [0.05, 0.1) is 12.7 Å². The molecule has 1 atom stereocenters. The molecule has 198 valence electrons. The van der Waals surface area contributed by atoms with E-state index in [2.05, 4.69) is 4.74 Å². The van der Waals surface area contributed by atoms with Gasteiger partial charge in [0.1, 0.15) is 0 Å². The Hall–Kier alpha value is -1.37. The second kappa shape index (κ2) is 7.56. The maximum absolute atomic E-state index is 13.5. The molecule has 1 rings (SSSR count). The van der Waals surface area contributed by atoms with Gasteiger partial charge in [-0.05, 0) is 6.42 Å². The SMILES string of the molecule is FC(F)(F)C(F)(C(F)(F)F)C(F)(F)C(F)(F)C(F)(F)C(F)(F)C(F)(F)C(F)(F)CCC1CO1. The van der Waals surface area contributed by atoms with E-state index in [-0.39, 0.29) is 0 Å². The van der Waals surface area contributed by atoms with Crippen LogP contribution in [0.5, 0.6) is 0 Å². The molecule has 0 N–H and O–H groups in total. The van der Waals surface area contributed by atoms with Gasteiger partial charge >= 0.3 is 53.6 Å². The molecule has 20 heteroatoms. The number of alkyl halides is 19. The van der Waals surface area contributed by atoms with Gasteiger partial charge in [0, 0.05) is 6.42 Å². The summed E-state index contributed by atoms with van der Waals surface area (Å²) in [5, 5.41) is 0. The zero-order valence-corrected chi connectivity index (χ0v) is 14.8. The van der Waals surface area contributed by atoms with Crippen LogP contribution in [0.4, 0.5) is 83.4 Å². The van der Waals surface area contributed by atoms with Gasteiger partial charge in [0.15, 0.2) is 0 Å². The van der Waals surface area contributed by atoms with E-state index in [4.69, 9.17) is 0 Å². The van der Waals surface area contributed by atoms with Crippen molar-refractivity contribution in [3.05, 3.63) is 0 Å². The summed E-state index contributed by atoms with van der Waals surface area (Å²) in [6, 6.07) is 0. The minimum atomic E-state index is -8.98. The van der Waals surface area contributed by atoms with Crippen LogP contribution in [0.1, 0.15) is 12.8 Å². The highest BCUT2D eigenvalue weighted by Gasteiger charge is 2.98. The summed E-state index contributed by atoms with van der Waals surface area (Å²) in [5.74, 6) is -49.4. The lowest BCUT2D eigenvalue weighted by atomic mass is 9.83. The molecule has 0 radical (unpaired) electrons. The fraction of sp³-hybridized carbons (Fsp3) is 1.00. The molecule has 1 heterocycles. The third-order valence-electron chi connectivity index (χ3n) is 4.43. The molecule has 0 amide bonds. The standard InChI is InChI=1S/C13H7F19O/c14-5(15,2-1-4-3-33-4)7(17,18)9(21,22)11(25,26)10(23,24)8(19,20)6(16,12(27,28)29)13(30,31)32/h4H,1-3H2. The molecule has 0 aliphatic carbocycles. The van der Waals surface area contributed by atoms with Crippen LogP contribution in [0.25, 0.3) is 0 Å². The van der Waals surface area contributed by atoms with E-state index in [1.807, 2.05) is 0 Å². The van der Waals surface area contributed by atoms with E-state index < -0.39 is 79.1 Å². The van der Waals surface area contributed by atoms with Gasteiger partial charge in [-0.1, -0.05) is 0 Å². The van der Waals surface area contributed by atoms with Crippen LogP contribution in [0.2, 0.25) is 0 Å². The van der Waals surface area contributed by atoms with Crippen molar-refractivity contribution in [2.24, 2.45) is 0 Å². The third-order valence-corrected chi connectivity index (χ3v) is 4.43. The maximum Gasteiger partial charge on any atom is 0.438 e. The fourth-order valence-electron chi connectivity index (χ4n) is 2.29. The molecule has 1 unspecified atom stereocenters. The molecular formula is C13H7F19O. The van der Waals surface area contributed by atoms with Crippen molar-refractivity contribution < 1.29 is 88.2 Å². The summed E-state index contributed by atoms with van der Waals surface area (Å²) in [4.78, 5) is 0. The Morgan fingerprint density at radius 1 is 0.485 bits per heavy atom. The van der Waals surface area contributed by atoms with Crippen LogP contribution in [0.3, 0.4) is 0 Å². The first-order chi connectivity index (χ1) is 14.1. The molecule has 1 nitrogen and oxygen atoms in total. The predicted octanol–water partition coefficient (Wildman–Crippen LogP) is 6.81. The van der Waals surface area contributed by atoms with E-state index >= 15 is 0 Å². The third kappa shape index (κ3) is 3.96. The van der Waals surface area contributed by atoms with Gasteiger partial charge in [0.25, 0.3) is 0 Å². The van der Waals surface area contributed by atoms with E-state index in [0.717, 1.165) is 0 Å². The van der Waals surface area contributed by atoms with Crippen molar-refractivity contribution in [1.82, 2.24) is 0 Å². The van der Waals surface area contributed by atoms with Crippen molar-refractivity contribution >= 4 is 0 Å². The molecule has 1 fully saturated rings. The Kier molecular flexibility index (Phi) is 6.80. The topological polar surface area (TPSA) is 12.5 Å². The molecule has 0 saturated carbocycles. The number of ether oxygens (including phenoxy) is 1. The average Bonchev–Trinajstić information content (AvgIpc) is 3.40. The monoisotopic (exact) mass is 540 g/mol. The van der Waals surface area contributed by atoms with Crippen LogP contribution in [-0.2, 0) is 4.74 Å². The van der Waals surface area contributed by atoms with Crippen LogP contribution in [-0.4, -0.2) is 66.3 Å². The second-order valence-electron chi connectivity index (χ2n) is 6.72. The lowest BCUT2D eigenvalue weighted by Crippen LogP contribution is -2.77. The van der Waals surface area contributed by atoms with Gasteiger partial charge in [-0.15, -0.1) is 0 Å². The molecule has 33 heavy (non-hydrogen) atoms. The van der Waals surface area contributed by atoms with Gasteiger partial charge in [0.2, 0.25) is 0 Å². The van der Waals surface area contributed by atoms with Crippen LogP contribution < -0.4 is 0 Å². The van der Waals surface area contributed by atoms with Gasteiger partial charge in [-0.2, -0.15) is 79.0 Å². The smallest absolute Gasteiger partial charge is 0.373 e. The quantitative estimate of drug-likeness (QED) is 0.231. The van der Waals surface area contributed by atoms with Crippen molar-refractivity contribution in [3.63, 3.8) is 0 Å². The molecule has 1 saturated heterocycles. The molecule has 0 aromatic heterocycles. The first-order valence-electron chi connectivity index (χ1n) is 7.79. The molecular weight excluding hydrogens is 533 g/mol. The summed E-state index contributed by atoms with van der Waals surface area (Å²) in [6.45, 7) is -0.425. The molecule has 1 aliphatic rings. The van der Waals surface area contributed by atoms with Gasteiger partial charge in [-0.25, -0.2) is 4.39 Å². The van der Waals surface area contributed by atoms with Crippen LogP contribution in [0, 0.1) is 0 Å². The lowest BCUT2D eigenvalue weighted by molar-refractivity contribution is -0.472. The Labute approximate surface area is 168 Å². The average molecular weight is 540 g/mol. The number of rotatable bonds is 9. The van der Waals surface area contributed by atoms with Crippen LogP contribution in [0.15, 0.2) is 0 Å². The zero-order chi connectivity index (χ0) is 26.9.